The van der Waals surface area contributed by atoms with E-state index in [1.54, 1.807) is 12.3 Å². The van der Waals surface area contributed by atoms with Crippen LogP contribution in [0.3, 0.4) is 0 Å². The zero-order valence-corrected chi connectivity index (χ0v) is 14.5. The summed E-state index contributed by atoms with van der Waals surface area (Å²) in [5, 5.41) is 3.85. The Morgan fingerprint density at radius 1 is 1.15 bits per heavy atom. The standard InChI is InChI=1S/C21H19F3N2O/c22-21(23,24)14-5-3-4-13(10-14)17(11-20(27)26-15-8-9-15)18-12-25-19-7-2-1-6-16(18)19/h1-7,10,12,15,17,25H,8-9,11H2,(H,26,27). The van der Waals surface area contributed by atoms with Crippen molar-refractivity contribution in [2.75, 3.05) is 0 Å². The van der Waals surface area contributed by atoms with E-state index in [0.29, 0.717) is 5.56 Å². The Morgan fingerprint density at radius 2 is 1.93 bits per heavy atom. The summed E-state index contributed by atoms with van der Waals surface area (Å²) in [6.45, 7) is 0. The third-order valence-corrected chi connectivity index (χ3v) is 4.94. The van der Waals surface area contributed by atoms with Gasteiger partial charge in [0.15, 0.2) is 0 Å². The summed E-state index contributed by atoms with van der Waals surface area (Å²) >= 11 is 0. The number of fused-ring (bicyclic) bond motifs is 1. The van der Waals surface area contributed by atoms with Crippen LogP contribution in [0, 0.1) is 0 Å². The maximum absolute atomic E-state index is 13.2. The molecule has 0 aliphatic heterocycles. The van der Waals surface area contributed by atoms with Gasteiger partial charge in [-0.25, -0.2) is 0 Å². The van der Waals surface area contributed by atoms with Gasteiger partial charge in [-0.3, -0.25) is 4.79 Å². The second kappa shape index (κ2) is 6.76. The molecule has 1 fully saturated rings. The van der Waals surface area contributed by atoms with Gasteiger partial charge in [-0.15, -0.1) is 0 Å². The van der Waals surface area contributed by atoms with Crippen molar-refractivity contribution in [2.24, 2.45) is 0 Å². The minimum absolute atomic E-state index is 0.111. The van der Waals surface area contributed by atoms with Gasteiger partial charge >= 0.3 is 6.18 Å². The van der Waals surface area contributed by atoms with Crippen LogP contribution in [0.2, 0.25) is 0 Å². The number of hydrogen-bond donors (Lipinski definition) is 2. The first-order valence-corrected chi connectivity index (χ1v) is 8.94. The number of rotatable bonds is 5. The molecule has 140 valence electrons. The van der Waals surface area contributed by atoms with Crippen LogP contribution in [0.1, 0.15) is 41.9 Å². The van der Waals surface area contributed by atoms with E-state index < -0.39 is 17.7 Å². The van der Waals surface area contributed by atoms with Crippen LogP contribution >= 0.6 is 0 Å². The second-order valence-corrected chi connectivity index (χ2v) is 7.01. The van der Waals surface area contributed by atoms with Crippen LogP contribution < -0.4 is 5.32 Å². The van der Waals surface area contributed by atoms with Gasteiger partial charge in [0.05, 0.1) is 5.56 Å². The number of nitrogens with one attached hydrogen (secondary N) is 2. The highest BCUT2D eigenvalue weighted by Crippen LogP contribution is 2.37. The summed E-state index contributed by atoms with van der Waals surface area (Å²) in [5.41, 5.74) is 1.51. The minimum atomic E-state index is -4.42. The maximum atomic E-state index is 13.2. The number of halogens is 3. The van der Waals surface area contributed by atoms with E-state index in [2.05, 4.69) is 10.3 Å². The van der Waals surface area contributed by atoms with E-state index in [9.17, 15) is 18.0 Å². The number of carbonyl (C=O) groups is 1. The lowest BCUT2D eigenvalue weighted by Crippen LogP contribution is -2.27. The summed E-state index contributed by atoms with van der Waals surface area (Å²) in [6.07, 6.45) is -0.587. The quantitative estimate of drug-likeness (QED) is 0.651. The second-order valence-electron chi connectivity index (χ2n) is 7.01. The molecule has 27 heavy (non-hydrogen) atoms. The molecule has 2 N–H and O–H groups in total. The molecule has 0 radical (unpaired) electrons. The third kappa shape index (κ3) is 3.84. The highest BCUT2D eigenvalue weighted by molar-refractivity contribution is 5.86. The number of aromatic nitrogens is 1. The molecular weight excluding hydrogens is 353 g/mol. The van der Waals surface area contributed by atoms with E-state index in [1.165, 1.54) is 6.07 Å². The van der Waals surface area contributed by atoms with Gasteiger partial charge in [0.1, 0.15) is 0 Å². The average molecular weight is 372 g/mol. The Hall–Kier alpha value is -2.76. The fourth-order valence-electron chi connectivity index (χ4n) is 3.42. The lowest BCUT2D eigenvalue weighted by molar-refractivity contribution is -0.137. The summed E-state index contributed by atoms with van der Waals surface area (Å²) < 4.78 is 39.6. The molecule has 1 saturated carbocycles. The summed E-state index contributed by atoms with van der Waals surface area (Å²) in [7, 11) is 0. The predicted molar refractivity (Wildman–Crippen MR) is 97.4 cm³/mol. The van der Waals surface area contributed by atoms with E-state index in [4.69, 9.17) is 0 Å². The van der Waals surface area contributed by atoms with Crippen LogP contribution in [-0.4, -0.2) is 16.9 Å². The van der Waals surface area contributed by atoms with E-state index in [0.717, 1.165) is 41.4 Å². The van der Waals surface area contributed by atoms with Gasteiger partial charge in [0.25, 0.3) is 0 Å². The summed E-state index contributed by atoms with van der Waals surface area (Å²) in [5.74, 6) is -0.590. The molecule has 0 saturated heterocycles. The molecule has 1 aliphatic rings. The van der Waals surface area contributed by atoms with E-state index in [-0.39, 0.29) is 18.4 Å². The minimum Gasteiger partial charge on any atom is -0.361 e. The zero-order chi connectivity index (χ0) is 19.0. The fraction of sp³-hybridized carbons (Fsp3) is 0.286. The number of benzene rings is 2. The predicted octanol–water partition coefficient (Wildman–Crippen LogP) is 4.99. The monoisotopic (exact) mass is 372 g/mol. The van der Waals surface area contributed by atoms with Gasteiger partial charge in [0, 0.05) is 35.5 Å². The molecule has 3 aromatic rings. The number of aromatic amines is 1. The van der Waals surface area contributed by atoms with Gasteiger partial charge in [-0.05, 0) is 36.1 Å². The first-order chi connectivity index (χ1) is 12.9. The average Bonchev–Trinajstić information content (AvgIpc) is 3.35. The van der Waals surface area contributed by atoms with E-state index in [1.807, 2.05) is 24.3 Å². The largest absolute Gasteiger partial charge is 0.416 e. The van der Waals surface area contributed by atoms with E-state index >= 15 is 0 Å². The van der Waals surface area contributed by atoms with Gasteiger partial charge in [-0.1, -0.05) is 36.4 Å². The number of hydrogen-bond acceptors (Lipinski definition) is 1. The van der Waals surface area contributed by atoms with Crippen molar-refractivity contribution in [3.63, 3.8) is 0 Å². The molecule has 4 rings (SSSR count). The molecule has 1 amide bonds. The molecule has 1 unspecified atom stereocenters. The maximum Gasteiger partial charge on any atom is 0.416 e. The van der Waals surface area contributed by atoms with Crippen LogP contribution in [0.5, 0.6) is 0 Å². The molecule has 2 aromatic carbocycles. The topological polar surface area (TPSA) is 44.9 Å². The number of para-hydroxylation sites is 1. The van der Waals surface area contributed by atoms with Crippen LogP contribution in [0.25, 0.3) is 10.9 Å². The molecule has 1 atom stereocenters. The molecule has 6 heteroatoms. The Balaban J connectivity index is 1.75. The molecule has 1 aromatic heterocycles. The fourth-order valence-corrected chi connectivity index (χ4v) is 3.42. The van der Waals surface area contributed by atoms with Crippen molar-refractivity contribution in [3.8, 4) is 0 Å². The highest BCUT2D eigenvalue weighted by atomic mass is 19.4. The van der Waals surface area contributed by atoms with Crippen molar-refractivity contribution in [1.82, 2.24) is 10.3 Å². The Bertz CT molecular complexity index is 973. The lowest BCUT2D eigenvalue weighted by Gasteiger charge is -2.19. The summed E-state index contributed by atoms with van der Waals surface area (Å²) in [4.78, 5) is 15.6. The van der Waals surface area contributed by atoms with Crippen molar-refractivity contribution < 1.29 is 18.0 Å². The van der Waals surface area contributed by atoms with Crippen LogP contribution in [0.4, 0.5) is 13.2 Å². The van der Waals surface area contributed by atoms with Crippen LogP contribution in [-0.2, 0) is 11.0 Å². The van der Waals surface area contributed by atoms with Crippen molar-refractivity contribution >= 4 is 16.8 Å². The SMILES string of the molecule is O=C(CC(c1cccc(C(F)(F)F)c1)c1c[nH]c2ccccc12)NC1CC1. The molecule has 0 spiro atoms. The van der Waals surface area contributed by atoms with Crippen molar-refractivity contribution in [3.05, 3.63) is 71.4 Å². The molecule has 0 bridgehead atoms. The first-order valence-electron chi connectivity index (χ1n) is 8.94. The lowest BCUT2D eigenvalue weighted by atomic mass is 9.87. The third-order valence-electron chi connectivity index (χ3n) is 4.94. The van der Waals surface area contributed by atoms with Crippen molar-refractivity contribution in [1.29, 1.82) is 0 Å². The van der Waals surface area contributed by atoms with Gasteiger partial charge in [0.2, 0.25) is 5.91 Å². The molecular formula is C21H19F3N2O. The highest BCUT2D eigenvalue weighted by Gasteiger charge is 2.32. The van der Waals surface area contributed by atoms with Gasteiger partial charge < -0.3 is 10.3 Å². The molecule has 3 nitrogen and oxygen atoms in total. The summed E-state index contributed by atoms with van der Waals surface area (Å²) in [6, 6.07) is 13.1. The smallest absolute Gasteiger partial charge is 0.361 e. The van der Waals surface area contributed by atoms with Crippen molar-refractivity contribution in [2.45, 2.75) is 37.4 Å². The first kappa shape index (κ1) is 17.6. The Morgan fingerprint density at radius 3 is 2.67 bits per heavy atom. The van der Waals surface area contributed by atoms with Crippen LogP contribution in [0.15, 0.2) is 54.7 Å². The van der Waals surface area contributed by atoms with Gasteiger partial charge in [-0.2, -0.15) is 13.2 Å². The molecule has 1 heterocycles. The number of alkyl halides is 3. The Labute approximate surface area is 154 Å². The number of amides is 1. The number of carbonyl (C=O) groups excluding carboxylic acids is 1. The zero-order valence-electron chi connectivity index (χ0n) is 14.5. The normalized spacial score (nSPS) is 15.7. The Kier molecular flexibility index (Phi) is 4.42. The molecule has 1 aliphatic carbocycles. The number of H-pyrrole nitrogens is 1.